The zero-order chi connectivity index (χ0) is 24.5. The topological polar surface area (TPSA) is 154 Å². The van der Waals surface area contributed by atoms with Gasteiger partial charge in [-0.25, -0.2) is 0 Å². The highest BCUT2D eigenvalue weighted by atomic mass is 16.2. The van der Waals surface area contributed by atoms with Crippen LogP contribution in [0.1, 0.15) is 52.9 Å². The maximum Gasteiger partial charge on any atom is 0.242 e. The van der Waals surface area contributed by atoms with E-state index >= 15 is 0 Å². The van der Waals surface area contributed by atoms with Crippen LogP contribution in [-0.4, -0.2) is 80.0 Å². The van der Waals surface area contributed by atoms with Crippen LogP contribution in [0.2, 0.25) is 0 Å². The van der Waals surface area contributed by atoms with Crippen molar-refractivity contribution in [3.63, 3.8) is 0 Å². The molecule has 0 saturated carbocycles. The van der Waals surface area contributed by atoms with Gasteiger partial charge in [0.1, 0.15) is 12.3 Å². The second-order valence-corrected chi connectivity index (χ2v) is 7.68. The summed E-state index contributed by atoms with van der Waals surface area (Å²) in [4.78, 5) is 71.0. The van der Waals surface area contributed by atoms with Crippen molar-refractivity contribution < 1.29 is 28.8 Å². The van der Waals surface area contributed by atoms with Crippen LogP contribution in [-0.2, 0) is 28.8 Å². The van der Waals surface area contributed by atoms with Gasteiger partial charge in [0.25, 0.3) is 0 Å². The molecule has 0 aromatic rings. The average Bonchev–Trinajstić information content (AvgIpc) is 2.75. The van der Waals surface area contributed by atoms with Gasteiger partial charge in [-0.05, 0) is 26.7 Å². The fraction of sp³-hybridized carbons (Fsp3) is 0.714. The number of carbonyl (C=O) groups excluding carboxylic acids is 6. The van der Waals surface area contributed by atoms with Crippen LogP contribution in [0.4, 0.5) is 0 Å². The first-order valence-corrected chi connectivity index (χ1v) is 10.9. The number of carbonyl (C=O) groups is 6. The Morgan fingerprint density at radius 3 is 2.16 bits per heavy atom. The Labute approximate surface area is 189 Å². The van der Waals surface area contributed by atoms with Crippen molar-refractivity contribution in [1.29, 1.82) is 0 Å². The highest BCUT2D eigenvalue weighted by Gasteiger charge is 2.16. The molecule has 0 rings (SSSR count). The van der Waals surface area contributed by atoms with Gasteiger partial charge in [-0.2, -0.15) is 0 Å². The van der Waals surface area contributed by atoms with E-state index in [1.807, 2.05) is 0 Å². The lowest BCUT2D eigenvalue weighted by Gasteiger charge is -2.17. The van der Waals surface area contributed by atoms with Crippen molar-refractivity contribution in [3.8, 4) is 0 Å². The average molecular weight is 456 g/mol. The monoisotopic (exact) mass is 455 g/mol. The van der Waals surface area contributed by atoms with Gasteiger partial charge in [0.2, 0.25) is 29.5 Å². The number of hydrogen-bond acceptors (Lipinski definition) is 6. The van der Waals surface area contributed by atoms with Gasteiger partial charge in [-0.3, -0.25) is 24.0 Å². The van der Waals surface area contributed by atoms with Crippen LogP contribution < -0.4 is 21.3 Å². The van der Waals surface area contributed by atoms with E-state index in [-0.39, 0.29) is 49.6 Å². The molecule has 0 aliphatic rings. The SMILES string of the molecule is CCNC(=O)CNC(=O)C(C)NC(=O)CNC(=O)CCCCCN(C)C(=O)CC(C)C=O. The Balaban J connectivity index is 3.94. The largest absolute Gasteiger partial charge is 0.355 e. The van der Waals surface area contributed by atoms with Crippen molar-refractivity contribution >= 4 is 35.8 Å². The molecule has 0 aliphatic heterocycles. The van der Waals surface area contributed by atoms with Gasteiger partial charge in [0, 0.05) is 38.9 Å². The lowest BCUT2D eigenvalue weighted by atomic mass is 10.1. The van der Waals surface area contributed by atoms with E-state index in [9.17, 15) is 28.8 Å². The summed E-state index contributed by atoms with van der Waals surface area (Å²) in [5.74, 6) is -1.99. The van der Waals surface area contributed by atoms with Gasteiger partial charge in [-0.1, -0.05) is 13.3 Å². The molecule has 2 unspecified atom stereocenters. The molecule has 0 aromatic carbocycles. The summed E-state index contributed by atoms with van der Waals surface area (Å²) < 4.78 is 0. The molecule has 0 aromatic heterocycles. The van der Waals surface area contributed by atoms with E-state index in [4.69, 9.17) is 0 Å². The quantitative estimate of drug-likeness (QED) is 0.175. The Morgan fingerprint density at radius 1 is 0.875 bits per heavy atom. The van der Waals surface area contributed by atoms with Crippen LogP contribution in [0.25, 0.3) is 0 Å². The molecular weight excluding hydrogens is 418 g/mol. The normalized spacial score (nSPS) is 12.1. The summed E-state index contributed by atoms with van der Waals surface area (Å²) in [5, 5.41) is 9.90. The molecule has 0 spiro atoms. The summed E-state index contributed by atoms with van der Waals surface area (Å²) in [6, 6.07) is -0.844. The molecule has 32 heavy (non-hydrogen) atoms. The first-order valence-electron chi connectivity index (χ1n) is 10.9. The third-order valence-electron chi connectivity index (χ3n) is 4.57. The molecule has 0 aliphatic carbocycles. The van der Waals surface area contributed by atoms with Crippen LogP contribution in [0.3, 0.4) is 0 Å². The van der Waals surface area contributed by atoms with E-state index in [1.165, 1.54) is 6.92 Å². The second-order valence-electron chi connectivity index (χ2n) is 7.68. The number of hydrogen-bond donors (Lipinski definition) is 4. The van der Waals surface area contributed by atoms with Crippen LogP contribution >= 0.6 is 0 Å². The number of nitrogens with zero attached hydrogens (tertiary/aromatic N) is 1. The molecule has 0 heterocycles. The number of unbranched alkanes of at least 4 members (excludes halogenated alkanes) is 2. The summed E-state index contributed by atoms with van der Waals surface area (Å²) in [6.07, 6.45) is 3.28. The highest BCUT2D eigenvalue weighted by Crippen LogP contribution is 2.05. The molecule has 0 fully saturated rings. The molecule has 11 heteroatoms. The molecule has 0 radical (unpaired) electrons. The van der Waals surface area contributed by atoms with Crippen molar-refractivity contribution in [3.05, 3.63) is 0 Å². The van der Waals surface area contributed by atoms with Crippen LogP contribution in [0.15, 0.2) is 0 Å². The maximum atomic E-state index is 11.9. The Kier molecular flexibility index (Phi) is 15.1. The number of aldehydes is 1. The smallest absolute Gasteiger partial charge is 0.242 e. The summed E-state index contributed by atoms with van der Waals surface area (Å²) in [7, 11) is 1.69. The van der Waals surface area contributed by atoms with Gasteiger partial charge >= 0.3 is 0 Å². The molecule has 0 saturated heterocycles. The van der Waals surface area contributed by atoms with E-state index in [2.05, 4.69) is 21.3 Å². The predicted octanol–water partition coefficient (Wildman–Crippen LogP) is -0.896. The standard InChI is InChI=1S/C21H37N5O6/c1-5-22-18(29)12-24-21(32)16(3)25-19(30)13-23-17(28)9-7-6-8-10-26(4)20(31)11-15(2)14-27/h14-16H,5-13H2,1-4H3,(H,22,29)(H,23,28)(H,24,32)(H,25,30). The van der Waals surface area contributed by atoms with Crippen LogP contribution in [0, 0.1) is 5.92 Å². The van der Waals surface area contributed by atoms with Crippen molar-refractivity contribution in [2.75, 3.05) is 33.2 Å². The number of likely N-dealkylation sites (N-methyl/N-ethyl adjacent to an activating group) is 1. The van der Waals surface area contributed by atoms with Crippen molar-refractivity contribution in [1.82, 2.24) is 26.2 Å². The summed E-state index contributed by atoms with van der Waals surface area (Å²) >= 11 is 0. The molecule has 0 bridgehead atoms. The molecule has 182 valence electrons. The third-order valence-corrected chi connectivity index (χ3v) is 4.57. The maximum absolute atomic E-state index is 11.9. The zero-order valence-electron chi connectivity index (χ0n) is 19.5. The fourth-order valence-electron chi connectivity index (χ4n) is 2.62. The first kappa shape index (κ1) is 29.0. The number of amides is 5. The molecule has 11 nitrogen and oxygen atoms in total. The molecule has 4 N–H and O–H groups in total. The van der Waals surface area contributed by atoms with Gasteiger partial charge in [0.05, 0.1) is 13.1 Å². The molecule has 5 amide bonds. The minimum absolute atomic E-state index is 0.0829. The van der Waals surface area contributed by atoms with Crippen molar-refractivity contribution in [2.45, 2.75) is 58.9 Å². The number of rotatable bonds is 16. The van der Waals surface area contributed by atoms with Gasteiger partial charge in [-0.15, -0.1) is 0 Å². The lowest BCUT2D eigenvalue weighted by Crippen LogP contribution is -2.49. The van der Waals surface area contributed by atoms with E-state index in [0.29, 0.717) is 19.5 Å². The summed E-state index contributed by atoms with van der Waals surface area (Å²) in [5.41, 5.74) is 0. The van der Waals surface area contributed by atoms with E-state index < -0.39 is 17.9 Å². The highest BCUT2D eigenvalue weighted by molar-refractivity contribution is 5.91. The van der Waals surface area contributed by atoms with Gasteiger partial charge in [0.15, 0.2) is 0 Å². The second kappa shape index (κ2) is 16.7. The van der Waals surface area contributed by atoms with Gasteiger partial charge < -0.3 is 31.0 Å². The Morgan fingerprint density at radius 2 is 1.53 bits per heavy atom. The van der Waals surface area contributed by atoms with E-state index in [0.717, 1.165) is 19.1 Å². The molecule has 2 atom stereocenters. The Bertz CT molecular complexity index is 655. The van der Waals surface area contributed by atoms with E-state index in [1.54, 1.807) is 25.8 Å². The zero-order valence-corrected chi connectivity index (χ0v) is 19.5. The lowest BCUT2D eigenvalue weighted by molar-refractivity contribution is -0.132. The minimum atomic E-state index is -0.844. The number of nitrogens with one attached hydrogen (secondary N) is 4. The molecular formula is C21H37N5O6. The van der Waals surface area contributed by atoms with Crippen LogP contribution in [0.5, 0.6) is 0 Å². The first-order chi connectivity index (χ1) is 15.1. The fourth-order valence-corrected chi connectivity index (χ4v) is 2.62. The third kappa shape index (κ3) is 14.1. The summed E-state index contributed by atoms with van der Waals surface area (Å²) in [6.45, 7) is 5.52. The predicted molar refractivity (Wildman–Crippen MR) is 118 cm³/mol. The van der Waals surface area contributed by atoms with Crippen molar-refractivity contribution in [2.24, 2.45) is 5.92 Å². The minimum Gasteiger partial charge on any atom is -0.355 e. The Hall–Kier alpha value is -2.98.